The Balaban J connectivity index is 1.71. The van der Waals surface area contributed by atoms with Crippen LogP contribution < -0.4 is 15.2 Å². The molecule has 23 heavy (non-hydrogen) atoms. The van der Waals surface area contributed by atoms with Gasteiger partial charge in [0.1, 0.15) is 11.5 Å². The van der Waals surface area contributed by atoms with Gasteiger partial charge in [-0.25, -0.2) is 0 Å². The van der Waals surface area contributed by atoms with Gasteiger partial charge in [-0.15, -0.1) is 0 Å². The molecule has 0 radical (unpaired) electrons. The van der Waals surface area contributed by atoms with Gasteiger partial charge in [0.15, 0.2) is 0 Å². The molecule has 2 aromatic rings. The molecule has 124 valence electrons. The fourth-order valence-electron chi connectivity index (χ4n) is 2.38. The molecule has 3 heteroatoms. The topological polar surface area (TPSA) is 44.5 Å². The summed E-state index contributed by atoms with van der Waals surface area (Å²) in [6.45, 7) is 7.89. The van der Waals surface area contributed by atoms with Crippen molar-refractivity contribution in [3.63, 3.8) is 0 Å². The second-order valence-corrected chi connectivity index (χ2v) is 6.17. The third-order valence-corrected chi connectivity index (χ3v) is 3.74. The van der Waals surface area contributed by atoms with Crippen LogP contribution in [-0.4, -0.2) is 13.2 Å². The van der Waals surface area contributed by atoms with Crippen LogP contribution in [0.4, 0.5) is 5.69 Å². The molecule has 2 rings (SSSR count). The lowest BCUT2D eigenvalue weighted by Gasteiger charge is -2.15. The highest BCUT2D eigenvalue weighted by Crippen LogP contribution is 2.27. The summed E-state index contributed by atoms with van der Waals surface area (Å²) in [4.78, 5) is 0. The molecule has 0 atom stereocenters. The predicted octanol–water partition coefficient (Wildman–Crippen LogP) is 4.94. The van der Waals surface area contributed by atoms with Gasteiger partial charge in [0, 0.05) is 5.69 Å². The van der Waals surface area contributed by atoms with Gasteiger partial charge < -0.3 is 15.2 Å². The lowest BCUT2D eigenvalue weighted by Crippen LogP contribution is -2.04. The fourth-order valence-corrected chi connectivity index (χ4v) is 2.38. The van der Waals surface area contributed by atoms with Crippen molar-refractivity contribution < 1.29 is 9.47 Å². The summed E-state index contributed by atoms with van der Waals surface area (Å²) in [7, 11) is 0. The van der Waals surface area contributed by atoms with Crippen molar-refractivity contribution in [1.82, 2.24) is 0 Å². The van der Waals surface area contributed by atoms with Crippen molar-refractivity contribution in [2.45, 2.75) is 39.5 Å². The predicted molar refractivity (Wildman–Crippen MR) is 96.3 cm³/mol. The summed E-state index contributed by atoms with van der Waals surface area (Å²) in [5.74, 6) is 2.35. The minimum atomic E-state index is 0.472. The molecule has 0 saturated heterocycles. The van der Waals surface area contributed by atoms with Crippen LogP contribution >= 0.6 is 0 Å². The first-order chi connectivity index (χ1) is 11.1. The first-order valence-corrected chi connectivity index (χ1v) is 8.28. The normalized spacial score (nSPS) is 10.8. The number of anilines is 1. The molecule has 0 aromatic heterocycles. The number of hydrogen-bond donors (Lipinski definition) is 1. The van der Waals surface area contributed by atoms with E-state index in [0.29, 0.717) is 19.1 Å². The summed E-state index contributed by atoms with van der Waals surface area (Å²) in [6.07, 6.45) is 1.94. The standard InChI is InChI=1S/C20H27NO2/c1-15(2)19-11-6-16(3)14-20(19)23-13-5-4-12-22-18-9-7-17(21)8-10-18/h6-11,14-15H,4-5,12-13,21H2,1-3H3. The number of rotatable bonds is 8. The van der Waals surface area contributed by atoms with E-state index in [-0.39, 0.29) is 0 Å². The molecule has 0 saturated carbocycles. The van der Waals surface area contributed by atoms with Gasteiger partial charge in [0.05, 0.1) is 13.2 Å². The van der Waals surface area contributed by atoms with Gasteiger partial charge in [-0.3, -0.25) is 0 Å². The van der Waals surface area contributed by atoms with Crippen molar-refractivity contribution in [3.8, 4) is 11.5 Å². The van der Waals surface area contributed by atoms with Gasteiger partial charge in [0.2, 0.25) is 0 Å². The molecule has 0 amide bonds. The van der Waals surface area contributed by atoms with E-state index >= 15 is 0 Å². The number of ether oxygens (including phenoxy) is 2. The van der Waals surface area contributed by atoms with Crippen molar-refractivity contribution in [3.05, 3.63) is 53.6 Å². The number of aryl methyl sites for hydroxylation is 1. The van der Waals surface area contributed by atoms with E-state index in [1.807, 2.05) is 24.3 Å². The van der Waals surface area contributed by atoms with Crippen LogP contribution in [-0.2, 0) is 0 Å². The van der Waals surface area contributed by atoms with E-state index in [2.05, 4.69) is 39.0 Å². The average molecular weight is 313 g/mol. The van der Waals surface area contributed by atoms with Gasteiger partial charge in [0.25, 0.3) is 0 Å². The highest BCUT2D eigenvalue weighted by Gasteiger charge is 2.07. The summed E-state index contributed by atoms with van der Waals surface area (Å²) >= 11 is 0. The lowest BCUT2D eigenvalue weighted by molar-refractivity contribution is 0.264. The van der Waals surface area contributed by atoms with Gasteiger partial charge in [-0.2, -0.15) is 0 Å². The zero-order chi connectivity index (χ0) is 16.7. The molecular weight excluding hydrogens is 286 g/mol. The lowest BCUT2D eigenvalue weighted by atomic mass is 10.0. The largest absolute Gasteiger partial charge is 0.494 e. The molecule has 2 N–H and O–H groups in total. The van der Waals surface area contributed by atoms with E-state index in [9.17, 15) is 0 Å². The average Bonchev–Trinajstić information content (AvgIpc) is 2.52. The highest BCUT2D eigenvalue weighted by molar-refractivity contribution is 5.41. The van der Waals surface area contributed by atoms with Crippen LogP contribution in [0.5, 0.6) is 11.5 Å². The molecule has 3 nitrogen and oxygen atoms in total. The minimum absolute atomic E-state index is 0.472. The highest BCUT2D eigenvalue weighted by atomic mass is 16.5. The van der Waals surface area contributed by atoms with Crippen LogP contribution in [0.15, 0.2) is 42.5 Å². The van der Waals surface area contributed by atoms with Crippen molar-refractivity contribution >= 4 is 5.69 Å². The number of nitrogens with two attached hydrogens (primary N) is 1. The smallest absolute Gasteiger partial charge is 0.122 e. The fraction of sp³-hybridized carbons (Fsp3) is 0.400. The van der Waals surface area contributed by atoms with E-state index in [0.717, 1.165) is 30.0 Å². The molecule has 0 bridgehead atoms. The summed E-state index contributed by atoms with van der Waals surface area (Å²) in [5, 5.41) is 0. The summed E-state index contributed by atoms with van der Waals surface area (Å²) < 4.78 is 11.7. The second kappa shape index (κ2) is 8.47. The van der Waals surface area contributed by atoms with Crippen molar-refractivity contribution in [1.29, 1.82) is 0 Å². The Bertz CT molecular complexity index is 606. The molecule has 0 aliphatic rings. The zero-order valence-corrected chi connectivity index (χ0v) is 14.3. The third kappa shape index (κ3) is 5.51. The Morgan fingerprint density at radius 3 is 2.22 bits per heavy atom. The molecule has 0 heterocycles. The van der Waals surface area contributed by atoms with Crippen molar-refractivity contribution in [2.75, 3.05) is 18.9 Å². The van der Waals surface area contributed by atoms with Crippen LogP contribution in [0.3, 0.4) is 0 Å². The monoisotopic (exact) mass is 313 g/mol. The van der Waals surface area contributed by atoms with E-state index in [1.165, 1.54) is 11.1 Å². The summed E-state index contributed by atoms with van der Waals surface area (Å²) in [6, 6.07) is 13.9. The van der Waals surface area contributed by atoms with Crippen molar-refractivity contribution in [2.24, 2.45) is 0 Å². The quantitative estimate of drug-likeness (QED) is 0.554. The maximum atomic E-state index is 5.98. The van der Waals surface area contributed by atoms with Crippen LogP contribution in [0.25, 0.3) is 0 Å². The number of nitrogen functional groups attached to an aromatic ring is 1. The molecule has 0 aliphatic carbocycles. The second-order valence-electron chi connectivity index (χ2n) is 6.17. The number of unbranched alkanes of at least 4 members (excludes halogenated alkanes) is 1. The molecule has 0 fully saturated rings. The first kappa shape index (κ1) is 17.2. The Morgan fingerprint density at radius 1 is 0.913 bits per heavy atom. The molecule has 0 unspecified atom stereocenters. The van der Waals surface area contributed by atoms with Crippen LogP contribution in [0.1, 0.15) is 43.7 Å². The van der Waals surface area contributed by atoms with E-state index in [1.54, 1.807) is 0 Å². The van der Waals surface area contributed by atoms with Gasteiger partial charge in [-0.05, 0) is 67.1 Å². The van der Waals surface area contributed by atoms with Crippen LogP contribution in [0, 0.1) is 6.92 Å². The maximum absolute atomic E-state index is 5.98. The Morgan fingerprint density at radius 2 is 1.57 bits per heavy atom. The Labute approximate surface area is 139 Å². The van der Waals surface area contributed by atoms with Gasteiger partial charge in [-0.1, -0.05) is 26.0 Å². The third-order valence-electron chi connectivity index (χ3n) is 3.74. The number of benzene rings is 2. The molecule has 2 aromatic carbocycles. The summed E-state index contributed by atoms with van der Waals surface area (Å²) in [5.41, 5.74) is 8.91. The molecular formula is C20H27NO2. The molecule has 0 spiro atoms. The van der Waals surface area contributed by atoms with Gasteiger partial charge >= 0.3 is 0 Å². The first-order valence-electron chi connectivity index (χ1n) is 8.28. The van der Waals surface area contributed by atoms with E-state index < -0.39 is 0 Å². The molecule has 0 aliphatic heterocycles. The SMILES string of the molecule is Cc1ccc(C(C)C)c(OCCCCOc2ccc(N)cc2)c1. The minimum Gasteiger partial charge on any atom is -0.494 e. The van der Waals surface area contributed by atoms with Crippen LogP contribution in [0.2, 0.25) is 0 Å². The Hall–Kier alpha value is -2.16. The van der Waals surface area contributed by atoms with E-state index in [4.69, 9.17) is 15.2 Å². The number of hydrogen-bond acceptors (Lipinski definition) is 3. The zero-order valence-electron chi connectivity index (χ0n) is 14.3. The Kier molecular flexibility index (Phi) is 6.33. The maximum Gasteiger partial charge on any atom is 0.122 e.